The number of fused-ring (bicyclic) bond motifs is 7. The summed E-state index contributed by atoms with van der Waals surface area (Å²) < 4.78 is 2.39. The van der Waals surface area contributed by atoms with Crippen LogP contribution in [0.3, 0.4) is 0 Å². The van der Waals surface area contributed by atoms with Gasteiger partial charge in [-0.3, -0.25) is 4.90 Å². The summed E-state index contributed by atoms with van der Waals surface area (Å²) >= 11 is 0. The number of nitrogens with zero attached hydrogens (tertiary/aromatic N) is 6. The minimum Gasteiger partial charge on any atom is -0.321 e. The van der Waals surface area contributed by atoms with Gasteiger partial charge in [0.2, 0.25) is 0 Å². The second-order valence-electron chi connectivity index (χ2n) is 16.4. The van der Waals surface area contributed by atoms with Crippen molar-refractivity contribution in [3.63, 3.8) is 0 Å². The van der Waals surface area contributed by atoms with Crippen LogP contribution >= 0.6 is 0 Å². The molecule has 0 N–H and O–H groups in total. The SMILES string of the molecule is C1=CCN2C(=C1)N(c1ccccc1)C(c1ncnc(-c3c4ccccc4c(-c4ccccc4)c4cc5c6ccccc6n(-c6ccccc6)c5cc34)n1)=C2c1ccc2ccccc2c1. The predicted octanol–water partition coefficient (Wildman–Crippen LogP) is 13.8. The maximum Gasteiger partial charge on any atom is 0.182 e. The molecule has 0 bridgehead atoms. The summed E-state index contributed by atoms with van der Waals surface area (Å²) in [6.45, 7) is 0.709. The average Bonchev–Trinajstić information content (AvgIpc) is 3.88. The first kappa shape index (κ1) is 36.1. The molecule has 0 fully saturated rings. The Kier molecular flexibility index (Phi) is 8.18. The van der Waals surface area contributed by atoms with Gasteiger partial charge in [0.05, 0.1) is 16.7 Å². The van der Waals surface area contributed by atoms with E-state index in [-0.39, 0.29) is 0 Å². The standard InChI is InChI=1S/C58H38N6/c1-4-19-39(20-5-1)53-45-27-12-13-28-46(45)54(49-36-51-47(35-48(49)53)44-26-14-15-29-50(44)63(51)42-22-6-2-7-23-42)57-59-37-60-58(61-57)56-55(41-32-31-38-18-10-11-21-40(38)34-41)62-33-17-16-30-52(62)64(56)43-24-8-3-9-25-43/h1-32,34-37H,33H2. The maximum absolute atomic E-state index is 5.60. The zero-order valence-corrected chi connectivity index (χ0v) is 34.7. The highest BCUT2D eigenvalue weighted by Crippen LogP contribution is 2.49. The van der Waals surface area contributed by atoms with Crippen LogP contribution < -0.4 is 4.90 Å². The van der Waals surface area contributed by atoms with Crippen LogP contribution in [0.25, 0.3) is 93.7 Å². The zero-order chi connectivity index (χ0) is 42.1. The van der Waals surface area contributed by atoms with Crippen LogP contribution in [-0.2, 0) is 0 Å². The van der Waals surface area contributed by atoms with Crippen molar-refractivity contribution < 1.29 is 0 Å². The van der Waals surface area contributed by atoms with E-state index in [4.69, 9.17) is 15.0 Å². The third kappa shape index (κ3) is 5.56. The predicted molar refractivity (Wildman–Crippen MR) is 264 cm³/mol. The molecule has 0 aliphatic carbocycles. The summed E-state index contributed by atoms with van der Waals surface area (Å²) in [5.74, 6) is 2.26. The topological polar surface area (TPSA) is 50.1 Å². The molecule has 13 rings (SSSR count). The summed E-state index contributed by atoms with van der Waals surface area (Å²) in [4.78, 5) is 20.5. The molecule has 2 aliphatic heterocycles. The summed E-state index contributed by atoms with van der Waals surface area (Å²) in [5.41, 5.74) is 10.8. The van der Waals surface area contributed by atoms with Gasteiger partial charge in [-0.15, -0.1) is 0 Å². The van der Waals surface area contributed by atoms with E-state index in [9.17, 15) is 0 Å². The van der Waals surface area contributed by atoms with Crippen LogP contribution in [0.4, 0.5) is 5.69 Å². The molecule has 0 spiro atoms. The molecule has 6 heteroatoms. The molecular formula is C58H38N6. The van der Waals surface area contributed by atoms with E-state index in [2.05, 4.69) is 227 Å². The smallest absolute Gasteiger partial charge is 0.182 e. The Bertz CT molecular complexity index is 3760. The lowest BCUT2D eigenvalue weighted by molar-refractivity contribution is 0.546. The second kappa shape index (κ2) is 14.5. The van der Waals surface area contributed by atoms with Crippen LogP contribution in [0.5, 0.6) is 0 Å². The van der Waals surface area contributed by atoms with E-state index >= 15 is 0 Å². The lowest BCUT2D eigenvalue weighted by Crippen LogP contribution is -2.27. The van der Waals surface area contributed by atoms with Crippen molar-refractivity contribution in [1.82, 2.24) is 24.4 Å². The fourth-order valence-electron chi connectivity index (χ4n) is 10.1. The van der Waals surface area contributed by atoms with Gasteiger partial charge in [-0.05, 0) is 98.1 Å². The Balaban J connectivity index is 1.14. The fraction of sp³-hybridized carbons (Fsp3) is 0.0172. The van der Waals surface area contributed by atoms with Gasteiger partial charge >= 0.3 is 0 Å². The average molecular weight is 819 g/mol. The Hall–Kier alpha value is -8.61. The Morgan fingerprint density at radius 2 is 1.06 bits per heavy atom. The van der Waals surface area contributed by atoms with Crippen molar-refractivity contribution in [2.24, 2.45) is 0 Å². The van der Waals surface area contributed by atoms with Crippen molar-refractivity contribution in [3.05, 3.63) is 236 Å². The molecule has 64 heavy (non-hydrogen) atoms. The molecule has 0 unspecified atom stereocenters. The molecule has 0 saturated carbocycles. The number of allylic oxidation sites excluding steroid dienone is 2. The van der Waals surface area contributed by atoms with Gasteiger partial charge in [0.1, 0.15) is 17.8 Å². The third-order valence-corrected chi connectivity index (χ3v) is 12.8. The van der Waals surface area contributed by atoms with Gasteiger partial charge in [0.25, 0.3) is 0 Å². The van der Waals surface area contributed by atoms with Crippen LogP contribution in [0.2, 0.25) is 0 Å². The molecular weight excluding hydrogens is 781 g/mol. The third-order valence-electron chi connectivity index (χ3n) is 12.8. The molecule has 0 saturated heterocycles. The van der Waals surface area contributed by atoms with E-state index in [1.54, 1.807) is 6.33 Å². The summed E-state index contributed by atoms with van der Waals surface area (Å²) in [7, 11) is 0. The highest BCUT2D eigenvalue weighted by molar-refractivity contribution is 6.25. The molecule has 9 aromatic carbocycles. The van der Waals surface area contributed by atoms with Crippen LogP contribution in [0, 0.1) is 0 Å². The van der Waals surface area contributed by atoms with Crippen molar-refractivity contribution in [2.75, 3.05) is 11.4 Å². The monoisotopic (exact) mass is 818 g/mol. The lowest BCUT2D eigenvalue weighted by Gasteiger charge is -2.28. The lowest BCUT2D eigenvalue weighted by atomic mass is 9.87. The van der Waals surface area contributed by atoms with Crippen LogP contribution in [0.1, 0.15) is 11.4 Å². The molecule has 4 heterocycles. The maximum atomic E-state index is 5.60. The quantitative estimate of drug-likeness (QED) is 0.156. The number of rotatable bonds is 6. The van der Waals surface area contributed by atoms with E-state index in [1.165, 1.54) is 27.1 Å². The van der Waals surface area contributed by atoms with E-state index in [1.807, 2.05) is 0 Å². The molecule has 2 aliphatic rings. The van der Waals surface area contributed by atoms with Gasteiger partial charge < -0.3 is 9.47 Å². The highest BCUT2D eigenvalue weighted by Gasteiger charge is 2.38. The summed E-state index contributed by atoms with van der Waals surface area (Å²) in [6, 6.07) is 69.5. The van der Waals surface area contributed by atoms with Gasteiger partial charge in [-0.2, -0.15) is 0 Å². The van der Waals surface area contributed by atoms with Crippen molar-refractivity contribution in [2.45, 2.75) is 0 Å². The zero-order valence-electron chi connectivity index (χ0n) is 34.7. The van der Waals surface area contributed by atoms with Gasteiger partial charge in [-0.1, -0.05) is 158 Å². The number of anilines is 1. The van der Waals surface area contributed by atoms with Crippen molar-refractivity contribution in [3.8, 4) is 28.2 Å². The number of aromatic nitrogens is 4. The van der Waals surface area contributed by atoms with Gasteiger partial charge in [0, 0.05) is 39.8 Å². The number of benzene rings is 9. The first-order chi connectivity index (χ1) is 31.8. The van der Waals surface area contributed by atoms with E-state index in [0.717, 1.165) is 77.9 Å². The largest absolute Gasteiger partial charge is 0.321 e. The van der Waals surface area contributed by atoms with Crippen molar-refractivity contribution >= 4 is 71.2 Å². The van der Waals surface area contributed by atoms with E-state index in [0.29, 0.717) is 18.2 Å². The molecule has 0 amide bonds. The molecule has 6 nitrogen and oxygen atoms in total. The first-order valence-electron chi connectivity index (χ1n) is 21.7. The van der Waals surface area contributed by atoms with Crippen molar-refractivity contribution in [1.29, 1.82) is 0 Å². The van der Waals surface area contributed by atoms with Crippen LogP contribution in [0.15, 0.2) is 225 Å². The Labute approximate surface area is 369 Å². The second-order valence-corrected chi connectivity index (χ2v) is 16.4. The van der Waals surface area contributed by atoms with E-state index < -0.39 is 0 Å². The fourth-order valence-corrected chi connectivity index (χ4v) is 10.1. The Morgan fingerprint density at radius 1 is 0.422 bits per heavy atom. The molecule has 0 radical (unpaired) electrons. The molecule has 2 aromatic heterocycles. The highest BCUT2D eigenvalue weighted by atomic mass is 15.4. The molecule has 11 aromatic rings. The number of hydrogen-bond donors (Lipinski definition) is 0. The van der Waals surface area contributed by atoms with Gasteiger partial charge in [-0.25, -0.2) is 15.0 Å². The first-order valence-corrected chi connectivity index (χ1v) is 21.7. The minimum atomic E-state index is 0.594. The Morgan fingerprint density at radius 3 is 1.86 bits per heavy atom. The molecule has 300 valence electrons. The normalized spacial score (nSPS) is 13.8. The summed E-state index contributed by atoms with van der Waals surface area (Å²) in [5, 5.41) is 9.19. The minimum absolute atomic E-state index is 0.594. The number of para-hydroxylation sites is 3. The van der Waals surface area contributed by atoms with Crippen LogP contribution in [-0.4, -0.2) is 31.0 Å². The summed E-state index contributed by atoms with van der Waals surface area (Å²) in [6.07, 6.45) is 8.23. The molecule has 0 atom stereocenters. The van der Waals surface area contributed by atoms with Gasteiger partial charge in [0.15, 0.2) is 11.6 Å². The number of hydrogen-bond acceptors (Lipinski definition) is 5.